The fourth-order valence-corrected chi connectivity index (χ4v) is 1.04. The summed E-state index contributed by atoms with van der Waals surface area (Å²) in [5.74, 6) is 1.79. The largest absolute Gasteiger partial charge is 0.446 e. The molecule has 0 aliphatic carbocycles. The summed E-state index contributed by atoms with van der Waals surface area (Å²) in [7, 11) is 1.99. The van der Waals surface area contributed by atoms with Crippen LogP contribution in [0.15, 0.2) is 16.5 Å². The summed E-state index contributed by atoms with van der Waals surface area (Å²) >= 11 is 0. The Bertz CT molecular complexity index is 278. The third kappa shape index (κ3) is 2.04. The molecular weight excluding hydrogens is 164 g/mol. The van der Waals surface area contributed by atoms with Crippen LogP contribution >= 0.6 is 0 Å². The molecule has 0 radical (unpaired) electrons. The Labute approximate surface area is 79.5 Å². The lowest BCUT2D eigenvalue weighted by atomic mass is 10.0. The Morgan fingerprint density at radius 3 is 2.46 bits per heavy atom. The maximum Gasteiger partial charge on any atom is 0.195 e. The van der Waals surface area contributed by atoms with E-state index in [1.165, 1.54) is 0 Å². The Morgan fingerprint density at radius 2 is 2.08 bits per heavy atom. The monoisotopic (exact) mass is 182 g/mol. The number of anilines is 1. The minimum absolute atomic E-state index is 0.0652. The summed E-state index contributed by atoms with van der Waals surface area (Å²) in [5, 5.41) is 0. The van der Waals surface area contributed by atoms with Crippen molar-refractivity contribution < 1.29 is 4.42 Å². The van der Waals surface area contributed by atoms with E-state index in [2.05, 4.69) is 18.7 Å². The standard InChI is InChI=1S/C10H18N2O/c1-8-5-6-9(13-8)12(4)10(2,3)7-11/h5-6H,7,11H2,1-4H3. The van der Waals surface area contributed by atoms with Gasteiger partial charge in [0.05, 0.1) is 0 Å². The summed E-state index contributed by atoms with van der Waals surface area (Å²) in [6.07, 6.45) is 0. The van der Waals surface area contributed by atoms with Gasteiger partial charge in [0, 0.05) is 25.2 Å². The van der Waals surface area contributed by atoms with Crippen molar-refractivity contribution in [3.8, 4) is 0 Å². The van der Waals surface area contributed by atoms with Crippen molar-refractivity contribution in [1.82, 2.24) is 0 Å². The second kappa shape index (κ2) is 3.42. The molecule has 0 spiro atoms. The van der Waals surface area contributed by atoms with Crippen LogP contribution in [0.5, 0.6) is 0 Å². The fourth-order valence-electron chi connectivity index (χ4n) is 1.04. The molecule has 2 N–H and O–H groups in total. The van der Waals surface area contributed by atoms with E-state index in [0.717, 1.165) is 11.6 Å². The smallest absolute Gasteiger partial charge is 0.195 e. The highest BCUT2D eigenvalue weighted by atomic mass is 16.4. The van der Waals surface area contributed by atoms with Crippen molar-refractivity contribution in [1.29, 1.82) is 0 Å². The Balaban J connectivity index is 2.84. The average Bonchev–Trinajstić information content (AvgIpc) is 2.50. The second-order valence-corrected chi connectivity index (χ2v) is 3.96. The van der Waals surface area contributed by atoms with Gasteiger partial charge in [0.1, 0.15) is 5.76 Å². The maximum atomic E-state index is 5.67. The highest BCUT2D eigenvalue weighted by Crippen LogP contribution is 2.23. The Kier molecular flexibility index (Phi) is 2.66. The molecular formula is C10H18N2O. The number of likely N-dealkylation sites (N-methyl/N-ethyl adjacent to an activating group) is 1. The Morgan fingerprint density at radius 1 is 1.46 bits per heavy atom. The molecule has 0 aliphatic heterocycles. The van der Waals surface area contributed by atoms with Crippen LogP contribution in [0.4, 0.5) is 5.88 Å². The number of rotatable bonds is 3. The quantitative estimate of drug-likeness (QED) is 0.774. The first-order chi connectivity index (χ1) is 5.97. The minimum Gasteiger partial charge on any atom is -0.446 e. The van der Waals surface area contributed by atoms with Crippen LogP contribution in [0.2, 0.25) is 0 Å². The zero-order chi connectivity index (χ0) is 10.1. The van der Waals surface area contributed by atoms with Gasteiger partial charge in [-0.15, -0.1) is 0 Å². The van der Waals surface area contributed by atoms with Crippen LogP contribution in [-0.2, 0) is 0 Å². The van der Waals surface area contributed by atoms with E-state index < -0.39 is 0 Å². The third-order valence-corrected chi connectivity index (χ3v) is 2.46. The fraction of sp³-hybridized carbons (Fsp3) is 0.600. The zero-order valence-electron chi connectivity index (χ0n) is 8.79. The molecule has 0 saturated heterocycles. The molecule has 0 aliphatic rings. The molecule has 13 heavy (non-hydrogen) atoms. The van der Waals surface area contributed by atoms with Gasteiger partial charge in [-0.3, -0.25) is 0 Å². The summed E-state index contributed by atoms with van der Waals surface area (Å²) in [6.45, 7) is 6.71. The van der Waals surface area contributed by atoms with E-state index in [4.69, 9.17) is 10.2 Å². The average molecular weight is 182 g/mol. The van der Waals surface area contributed by atoms with E-state index in [-0.39, 0.29) is 5.54 Å². The molecule has 0 unspecified atom stereocenters. The van der Waals surface area contributed by atoms with Crippen molar-refractivity contribution in [3.63, 3.8) is 0 Å². The lowest BCUT2D eigenvalue weighted by molar-refractivity contribution is 0.441. The first kappa shape index (κ1) is 10.1. The molecule has 1 aromatic heterocycles. The van der Waals surface area contributed by atoms with Gasteiger partial charge >= 0.3 is 0 Å². The normalized spacial score (nSPS) is 11.8. The summed E-state index contributed by atoms with van der Waals surface area (Å²) in [6, 6.07) is 3.92. The topological polar surface area (TPSA) is 42.4 Å². The highest BCUT2D eigenvalue weighted by molar-refractivity contribution is 5.38. The second-order valence-electron chi connectivity index (χ2n) is 3.96. The summed E-state index contributed by atoms with van der Waals surface area (Å²) in [4.78, 5) is 2.06. The van der Waals surface area contributed by atoms with Gasteiger partial charge in [-0.25, -0.2) is 0 Å². The van der Waals surface area contributed by atoms with E-state index >= 15 is 0 Å². The van der Waals surface area contributed by atoms with Crippen LogP contribution in [0.25, 0.3) is 0 Å². The SMILES string of the molecule is Cc1ccc(N(C)C(C)(C)CN)o1. The zero-order valence-corrected chi connectivity index (χ0v) is 8.79. The van der Waals surface area contributed by atoms with Crippen molar-refractivity contribution >= 4 is 5.88 Å². The van der Waals surface area contributed by atoms with Crippen LogP contribution in [-0.4, -0.2) is 19.1 Å². The molecule has 0 amide bonds. The van der Waals surface area contributed by atoms with Gasteiger partial charge in [-0.1, -0.05) is 0 Å². The molecule has 3 heteroatoms. The molecule has 0 aromatic carbocycles. The predicted octanol–water partition coefficient (Wildman–Crippen LogP) is 1.76. The molecule has 1 heterocycles. The maximum absolute atomic E-state index is 5.67. The number of nitrogens with two attached hydrogens (primary N) is 1. The van der Waals surface area contributed by atoms with E-state index in [9.17, 15) is 0 Å². The number of hydrogen-bond acceptors (Lipinski definition) is 3. The van der Waals surface area contributed by atoms with E-state index in [1.807, 2.05) is 26.1 Å². The predicted molar refractivity (Wildman–Crippen MR) is 55.0 cm³/mol. The number of nitrogens with zero attached hydrogens (tertiary/aromatic N) is 1. The molecule has 3 nitrogen and oxygen atoms in total. The van der Waals surface area contributed by atoms with Gasteiger partial charge in [0.25, 0.3) is 0 Å². The van der Waals surface area contributed by atoms with Crippen LogP contribution in [0.3, 0.4) is 0 Å². The van der Waals surface area contributed by atoms with Gasteiger partial charge in [0.15, 0.2) is 5.88 Å². The Hall–Kier alpha value is -0.960. The molecule has 0 bridgehead atoms. The lowest BCUT2D eigenvalue weighted by Crippen LogP contribution is -2.47. The summed E-state index contributed by atoms with van der Waals surface area (Å²) < 4.78 is 5.50. The van der Waals surface area contributed by atoms with Gasteiger partial charge in [0.2, 0.25) is 0 Å². The molecule has 1 aromatic rings. The summed E-state index contributed by atoms with van der Waals surface area (Å²) in [5.41, 5.74) is 5.60. The van der Waals surface area contributed by atoms with Gasteiger partial charge in [-0.2, -0.15) is 0 Å². The van der Waals surface area contributed by atoms with E-state index in [1.54, 1.807) is 0 Å². The number of aryl methyl sites for hydroxylation is 1. The van der Waals surface area contributed by atoms with Crippen molar-refractivity contribution in [2.45, 2.75) is 26.3 Å². The van der Waals surface area contributed by atoms with Crippen LogP contribution in [0, 0.1) is 6.92 Å². The first-order valence-corrected chi connectivity index (χ1v) is 4.48. The molecule has 0 saturated carbocycles. The van der Waals surface area contributed by atoms with Crippen molar-refractivity contribution in [3.05, 3.63) is 17.9 Å². The molecule has 74 valence electrons. The first-order valence-electron chi connectivity index (χ1n) is 4.48. The minimum atomic E-state index is -0.0652. The molecule has 0 atom stereocenters. The molecule has 1 rings (SSSR count). The van der Waals surface area contributed by atoms with Gasteiger partial charge < -0.3 is 15.1 Å². The highest BCUT2D eigenvalue weighted by Gasteiger charge is 2.23. The van der Waals surface area contributed by atoms with Crippen LogP contribution < -0.4 is 10.6 Å². The van der Waals surface area contributed by atoms with Crippen LogP contribution in [0.1, 0.15) is 19.6 Å². The lowest BCUT2D eigenvalue weighted by Gasteiger charge is -2.34. The van der Waals surface area contributed by atoms with Gasteiger partial charge in [-0.05, 0) is 26.8 Å². The van der Waals surface area contributed by atoms with Crippen molar-refractivity contribution in [2.75, 3.05) is 18.5 Å². The third-order valence-electron chi connectivity index (χ3n) is 2.46. The van der Waals surface area contributed by atoms with E-state index in [0.29, 0.717) is 6.54 Å². The number of hydrogen-bond donors (Lipinski definition) is 1. The molecule has 0 fully saturated rings. The van der Waals surface area contributed by atoms with Crippen molar-refractivity contribution in [2.24, 2.45) is 5.73 Å². The number of furan rings is 1.